The molecule has 0 aliphatic rings. The molecule has 0 aliphatic carbocycles. The van der Waals surface area contributed by atoms with Gasteiger partial charge in [-0.2, -0.15) is 5.26 Å². The summed E-state index contributed by atoms with van der Waals surface area (Å²) in [6.07, 6.45) is 3.33. The van der Waals surface area contributed by atoms with Gasteiger partial charge in [-0.25, -0.2) is 4.99 Å². The predicted octanol–water partition coefficient (Wildman–Crippen LogP) is 6.05. The normalized spacial score (nSPS) is 10.9. The Balaban J connectivity index is 1.77. The third kappa shape index (κ3) is 4.98. The molecule has 0 fully saturated rings. The number of aromatic nitrogens is 1. The molecule has 0 bridgehead atoms. The Morgan fingerprint density at radius 1 is 1.08 bits per heavy atom. The van der Waals surface area contributed by atoms with Crippen molar-refractivity contribution in [1.82, 2.24) is 4.57 Å². The SMILES string of the molecule is C=Nc1c(C(C)=N)c(-c2ccc(Oc3ccccc3)cc2)cn1-c1cccc(C=C(C#N)C(N)=O)c1. The van der Waals surface area contributed by atoms with Crippen molar-refractivity contribution < 1.29 is 9.53 Å². The Labute approximate surface area is 208 Å². The fourth-order valence-corrected chi connectivity index (χ4v) is 3.85. The second-order valence-corrected chi connectivity index (χ2v) is 7.96. The molecule has 176 valence electrons. The zero-order valence-electron chi connectivity index (χ0n) is 19.6. The van der Waals surface area contributed by atoms with Gasteiger partial charge in [-0.05, 0) is 67.2 Å². The Bertz CT molecular complexity index is 1520. The van der Waals surface area contributed by atoms with Crippen LogP contribution in [0, 0.1) is 16.7 Å². The zero-order valence-corrected chi connectivity index (χ0v) is 19.6. The highest BCUT2D eigenvalue weighted by molar-refractivity contribution is 6.07. The molecule has 4 aromatic rings. The lowest BCUT2D eigenvalue weighted by Crippen LogP contribution is -2.12. The lowest BCUT2D eigenvalue weighted by molar-refractivity contribution is -0.114. The zero-order chi connectivity index (χ0) is 25.7. The van der Waals surface area contributed by atoms with Crippen LogP contribution in [0.25, 0.3) is 22.9 Å². The van der Waals surface area contributed by atoms with Crippen LogP contribution >= 0.6 is 0 Å². The van der Waals surface area contributed by atoms with E-state index in [9.17, 15) is 10.1 Å². The van der Waals surface area contributed by atoms with E-state index in [1.807, 2.05) is 77.5 Å². The van der Waals surface area contributed by atoms with Gasteiger partial charge in [0.15, 0.2) is 0 Å². The number of rotatable bonds is 8. The fraction of sp³-hybridized carbons (Fsp3) is 0.0345. The molecular weight excluding hydrogens is 450 g/mol. The van der Waals surface area contributed by atoms with Gasteiger partial charge in [0.2, 0.25) is 0 Å². The molecule has 0 aliphatic heterocycles. The maximum atomic E-state index is 11.5. The van der Waals surface area contributed by atoms with Gasteiger partial charge in [0.05, 0.1) is 0 Å². The molecular formula is C29H23N5O2. The number of para-hydroxylation sites is 1. The lowest BCUT2D eigenvalue weighted by Gasteiger charge is -2.08. The molecule has 1 heterocycles. The summed E-state index contributed by atoms with van der Waals surface area (Å²) in [5.41, 5.74) is 9.18. The van der Waals surface area contributed by atoms with Crippen molar-refractivity contribution in [2.75, 3.05) is 0 Å². The number of hydrogen-bond donors (Lipinski definition) is 2. The molecule has 0 saturated carbocycles. The van der Waals surface area contributed by atoms with E-state index >= 15 is 0 Å². The minimum atomic E-state index is -0.791. The highest BCUT2D eigenvalue weighted by Gasteiger charge is 2.19. The van der Waals surface area contributed by atoms with Gasteiger partial charge >= 0.3 is 0 Å². The first-order chi connectivity index (χ1) is 17.4. The first-order valence-electron chi connectivity index (χ1n) is 11.0. The first-order valence-corrected chi connectivity index (χ1v) is 11.0. The van der Waals surface area contributed by atoms with E-state index in [0.717, 1.165) is 22.6 Å². The van der Waals surface area contributed by atoms with Crippen molar-refractivity contribution in [3.63, 3.8) is 0 Å². The Morgan fingerprint density at radius 2 is 1.78 bits per heavy atom. The van der Waals surface area contributed by atoms with E-state index in [0.29, 0.717) is 28.4 Å². The summed E-state index contributed by atoms with van der Waals surface area (Å²) in [4.78, 5) is 15.7. The van der Waals surface area contributed by atoms with Gasteiger partial charge in [0.25, 0.3) is 5.91 Å². The van der Waals surface area contributed by atoms with Gasteiger partial charge in [0.1, 0.15) is 29.0 Å². The summed E-state index contributed by atoms with van der Waals surface area (Å²) in [6.45, 7) is 5.44. The summed E-state index contributed by atoms with van der Waals surface area (Å²) in [5, 5.41) is 17.6. The van der Waals surface area contributed by atoms with Gasteiger partial charge in [-0.3, -0.25) is 4.79 Å². The van der Waals surface area contributed by atoms with Crippen LogP contribution in [0.4, 0.5) is 5.82 Å². The molecule has 3 N–H and O–H groups in total. The molecule has 0 atom stereocenters. The smallest absolute Gasteiger partial charge is 0.259 e. The maximum Gasteiger partial charge on any atom is 0.259 e. The largest absolute Gasteiger partial charge is 0.457 e. The van der Waals surface area contributed by atoms with Crippen molar-refractivity contribution in [1.29, 1.82) is 10.7 Å². The molecule has 4 rings (SSSR count). The van der Waals surface area contributed by atoms with E-state index < -0.39 is 5.91 Å². The van der Waals surface area contributed by atoms with Crippen LogP contribution in [0.2, 0.25) is 0 Å². The van der Waals surface area contributed by atoms with Crippen LogP contribution < -0.4 is 10.5 Å². The fourth-order valence-electron chi connectivity index (χ4n) is 3.85. The standard InChI is InChI=1S/C29H23N5O2/c1-19(31)27-26(21-11-13-25(14-12-21)36-24-9-4-3-5-10-24)18-34(29(27)33-2)23-8-6-7-20(16-23)15-22(17-30)28(32)35/h3-16,18,31H,2H2,1H3,(H2,32,35). The van der Waals surface area contributed by atoms with E-state index in [1.165, 1.54) is 6.08 Å². The number of benzene rings is 3. The number of amides is 1. The molecule has 7 heteroatoms. The van der Waals surface area contributed by atoms with Crippen molar-refractivity contribution in [3.05, 3.63) is 102 Å². The molecule has 0 unspecified atom stereocenters. The molecule has 0 saturated heterocycles. The number of nitrogens with two attached hydrogens (primary N) is 1. The third-order valence-corrected chi connectivity index (χ3v) is 5.49. The molecule has 0 radical (unpaired) electrons. The Morgan fingerprint density at radius 3 is 2.39 bits per heavy atom. The number of hydrogen-bond acceptors (Lipinski definition) is 5. The van der Waals surface area contributed by atoms with Crippen LogP contribution in [0.1, 0.15) is 18.1 Å². The van der Waals surface area contributed by atoms with E-state index in [2.05, 4.69) is 11.7 Å². The monoisotopic (exact) mass is 473 g/mol. The van der Waals surface area contributed by atoms with Gasteiger partial charge < -0.3 is 20.4 Å². The lowest BCUT2D eigenvalue weighted by atomic mass is 10.0. The van der Waals surface area contributed by atoms with E-state index in [4.69, 9.17) is 15.9 Å². The summed E-state index contributed by atoms with van der Waals surface area (Å²) in [6, 6.07) is 26.2. The summed E-state index contributed by atoms with van der Waals surface area (Å²) in [7, 11) is 0. The first kappa shape index (κ1) is 23.9. The predicted molar refractivity (Wildman–Crippen MR) is 142 cm³/mol. The molecule has 1 amide bonds. The Hall–Kier alpha value is -5.22. The van der Waals surface area contributed by atoms with Crippen molar-refractivity contribution in [2.24, 2.45) is 10.7 Å². The number of carbonyl (C=O) groups excluding carboxylic acids is 1. The highest BCUT2D eigenvalue weighted by atomic mass is 16.5. The number of nitrogens with zero attached hydrogens (tertiary/aromatic N) is 3. The average Bonchev–Trinajstić information content (AvgIpc) is 3.28. The number of nitrogens with one attached hydrogen (secondary N) is 1. The minimum absolute atomic E-state index is 0.142. The van der Waals surface area contributed by atoms with Crippen LogP contribution in [-0.4, -0.2) is 22.9 Å². The number of primary amides is 1. The second kappa shape index (κ2) is 10.4. The van der Waals surface area contributed by atoms with Crippen LogP contribution in [0.5, 0.6) is 11.5 Å². The summed E-state index contributed by atoms with van der Waals surface area (Å²) >= 11 is 0. The van der Waals surface area contributed by atoms with Gasteiger partial charge in [-0.15, -0.1) is 0 Å². The van der Waals surface area contributed by atoms with Crippen LogP contribution in [0.15, 0.2) is 95.6 Å². The van der Waals surface area contributed by atoms with E-state index in [-0.39, 0.29) is 5.57 Å². The number of aliphatic imine (C=N–C) groups is 1. The number of ether oxygens (including phenoxy) is 1. The Kier molecular flexibility index (Phi) is 6.89. The quantitative estimate of drug-likeness (QED) is 0.184. The van der Waals surface area contributed by atoms with Crippen molar-refractivity contribution >= 4 is 30.2 Å². The maximum absolute atomic E-state index is 11.5. The highest BCUT2D eigenvalue weighted by Crippen LogP contribution is 2.37. The molecule has 36 heavy (non-hydrogen) atoms. The number of carbonyl (C=O) groups is 1. The second-order valence-electron chi connectivity index (χ2n) is 7.96. The molecule has 0 spiro atoms. The third-order valence-electron chi connectivity index (χ3n) is 5.49. The minimum Gasteiger partial charge on any atom is -0.457 e. The topological polar surface area (TPSA) is 117 Å². The van der Waals surface area contributed by atoms with Crippen molar-refractivity contribution in [2.45, 2.75) is 6.92 Å². The van der Waals surface area contributed by atoms with Crippen LogP contribution in [-0.2, 0) is 4.79 Å². The molecule has 7 nitrogen and oxygen atoms in total. The average molecular weight is 474 g/mol. The van der Waals surface area contributed by atoms with Crippen molar-refractivity contribution in [3.8, 4) is 34.4 Å². The molecule has 3 aromatic carbocycles. The van der Waals surface area contributed by atoms with Gasteiger partial charge in [0, 0.05) is 28.7 Å². The number of nitriles is 1. The van der Waals surface area contributed by atoms with Gasteiger partial charge in [-0.1, -0.05) is 42.5 Å². The summed E-state index contributed by atoms with van der Waals surface area (Å²) in [5.74, 6) is 1.16. The summed E-state index contributed by atoms with van der Waals surface area (Å²) < 4.78 is 7.73. The molecule has 1 aromatic heterocycles. The van der Waals surface area contributed by atoms with E-state index in [1.54, 1.807) is 25.1 Å². The van der Waals surface area contributed by atoms with Crippen LogP contribution in [0.3, 0.4) is 0 Å².